The molecule has 1 aromatic rings. The van der Waals surface area contributed by atoms with E-state index in [1.165, 1.54) is 0 Å². The van der Waals surface area contributed by atoms with Gasteiger partial charge in [-0.25, -0.2) is 0 Å². The minimum atomic E-state index is 0.0159. The van der Waals surface area contributed by atoms with Crippen molar-refractivity contribution in [3.05, 3.63) is 17.5 Å². The zero-order chi connectivity index (χ0) is 12.8. The second-order valence-electron chi connectivity index (χ2n) is 4.13. The fraction of sp³-hybridized carbons (Fsp3) is 0.667. The number of alkyl halides is 1. The van der Waals surface area contributed by atoms with Crippen molar-refractivity contribution in [1.29, 1.82) is 0 Å². The summed E-state index contributed by atoms with van der Waals surface area (Å²) in [7, 11) is 1.79. The highest BCUT2D eigenvalue weighted by Gasteiger charge is 2.18. The minimum Gasteiger partial charge on any atom is -0.336 e. The second-order valence-corrected chi connectivity index (χ2v) is 4.51. The first-order valence-electron chi connectivity index (χ1n) is 5.96. The molecule has 0 fully saturated rings. The Morgan fingerprint density at radius 2 is 2.24 bits per heavy atom. The standard InChI is InChI=1S/C12H20ClN3O/c1-4-5-7-16(8-6-13)12(17)11-9-10(2)14-15(11)3/h9H,4-8H2,1-3H3. The van der Waals surface area contributed by atoms with Crippen LogP contribution in [0.4, 0.5) is 0 Å². The van der Waals surface area contributed by atoms with Crippen molar-refractivity contribution in [2.24, 2.45) is 7.05 Å². The molecule has 4 nitrogen and oxygen atoms in total. The van der Waals surface area contributed by atoms with Gasteiger partial charge in [0.2, 0.25) is 0 Å². The van der Waals surface area contributed by atoms with Crippen molar-refractivity contribution in [3.8, 4) is 0 Å². The van der Waals surface area contributed by atoms with Crippen molar-refractivity contribution < 1.29 is 4.79 Å². The fourth-order valence-electron chi connectivity index (χ4n) is 1.74. The van der Waals surface area contributed by atoms with Crippen LogP contribution < -0.4 is 0 Å². The first-order valence-corrected chi connectivity index (χ1v) is 6.49. The molecule has 96 valence electrons. The molecule has 1 heterocycles. The average Bonchev–Trinajstić information content (AvgIpc) is 2.63. The van der Waals surface area contributed by atoms with E-state index < -0.39 is 0 Å². The first kappa shape index (κ1) is 14.0. The Morgan fingerprint density at radius 3 is 2.71 bits per heavy atom. The number of hydrogen-bond acceptors (Lipinski definition) is 2. The Bertz CT molecular complexity index is 376. The summed E-state index contributed by atoms with van der Waals surface area (Å²) in [5.41, 5.74) is 1.49. The van der Waals surface area contributed by atoms with E-state index >= 15 is 0 Å². The summed E-state index contributed by atoms with van der Waals surface area (Å²) in [6, 6.07) is 1.81. The van der Waals surface area contributed by atoms with Crippen LogP contribution in [0.3, 0.4) is 0 Å². The molecule has 1 rings (SSSR count). The number of halogens is 1. The number of carbonyl (C=O) groups is 1. The van der Waals surface area contributed by atoms with Gasteiger partial charge in [0.15, 0.2) is 0 Å². The first-order chi connectivity index (χ1) is 8.10. The maximum Gasteiger partial charge on any atom is 0.272 e. The number of aromatic nitrogens is 2. The summed E-state index contributed by atoms with van der Waals surface area (Å²) in [5, 5.41) is 4.19. The highest BCUT2D eigenvalue weighted by Crippen LogP contribution is 2.08. The smallest absolute Gasteiger partial charge is 0.272 e. The predicted molar refractivity (Wildman–Crippen MR) is 69.5 cm³/mol. The molecule has 0 bridgehead atoms. The average molecular weight is 258 g/mol. The van der Waals surface area contributed by atoms with Crippen LogP contribution in [0.15, 0.2) is 6.07 Å². The highest BCUT2D eigenvalue weighted by atomic mass is 35.5. The quantitative estimate of drug-likeness (QED) is 0.733. The van der Waals surface area contributed by atoms with Gasteiger partial charge in [-0.2, -0.15) is 5.10 Å². The molecular formula is C12H20ClN3O. The maximum atomic E-state index is 12.3. The third-order valence-electron chi connectivity index (χ3n) is 2.64. The molecule has 17 heavy (non-hydrogen) atoms. The maximum absolute atomic E-state index is 12.3. The molecule has 0 atom stereocenters. The number of aryl methyl sites for hydroxylation is 2. The lowest BCUT2D eigenvalue weighted by atomic mass is 10.2. The van der Waals surface area contributed by atoms with Crippen molar-refractivity contribution in [2.45, 2.75) is 26.7 Å². The molecule has 0 saturated carbocycles. The van der Waals surface area contributed by atoms with Gasteiger partial charge in [-0.3, -0.25) is 9.48 Å². The summed E-state index contributed by atoms with van der Waals surface area (Å²) in [6.45, 7) is 5.34. The Labute approximate surface area is 108 Å². The van der Waals surface area contributed by atoms with E-state index in [-0.39, 0.29) is 5.91 Å². The molecule has 1 aromatic heterocycles. The molecule has 0 saturated heterocycles. The fourth-order valence-corrected chi connectivity index (χ4v) is 1.94. The number of carbonyl (C=O) groups excluding carboxylic acids is 1. The van der Waals surface area contributed by atoms with Gasteiger partial charge in [-0.05, 0) is 19.4 Å². The summed E-state index contributed by atoms with van der Waals surface area (Å²) >= 11 is 5.74. The molecule has 0 radical (unpaired) electrons. The molecule has 0 N–H and O–H groups in total. The molecule has 0 aliphatic carbocycles. The Balaban J connectivity index is 2.79. The third-order valence-corrected chi connectivity index (χ3v) is 2.81. The molecule has 0 spiro atoms. The number of rotatable bonds is 6. The van der Waals surface area contributed by atoms with Crippen molar-refractivity contribution in [1.82, 2.24) is 14.7 Å². The molecule has 0 aliphatic heterocycles. The van der Waals surface area contributed by atoms with Gasteiger partial charge in [-0.15, -0.1) is 11.6 Å². The van der Waals surface area contributed by atoms with Crippen LogP contribution >= 0.6 is 11.6 Å². The lowest BCUT2D eigenvalue weighted by Gasteiger charge is -2.21. The van der Waals surface area contributed by atoms with Crippen LogP contribution in [0.2, 0.25) is 0 Å². The largest absolute Gasteiger partial charge is 0.336 e. The van der Waals surface area contributed by atoms with E-state index in [1.54, 1.807) is 16.6 Å². The van der Waals surface area contributed by atoms with Gasteiger partial charge in [0.05, 0.1) is 5.69 Å². The van der Waals surface area contributed by atoms with Crippen LogP contribution in [-0.4, -0.2) is 39.6 Å². The van der Waals surface area contributed by atoms with Gasteiger partial charge in [0, 0.05) is 26.0 Å². The monoisotopic (exact) mass is 257 g/mol. The van der Waals surface area contributed by atoms with Crippen LogP contribution in [0.1, 0.15) is 35.9 Å². The minimum absolute atomic E-state index is 0.0159. The zero-order valence-corrected chi connectivity index (χ0v) is 11.5. The molecule has 0 aromatic carbocycles. The topological polar surface area (TPSA) is 38.1 Å². The van der Waals surface area contributed by atoms with E-state index in [4.69, 9.17) is 11.6 Å². The lowest BCUT2D eigenvalue weighted by Crippen LogP contribution is -2.34. The second kappa shape index (κ2) is 6.64. The number of nitrogens with zero attached hydrogens (tertiary/aromatic N) is 3. The number of amides is 1. The van der Waals surface area contributed by atoms with E-state index in [9.17, 15) is 4.79 Å². The van der Waals surface area contributed by atoms with Gasteiger partial charge in [-0.1, -0.05) is 13.3 Å². The molecular weight excluding hydrogens is 238 g/mol. The van der Waals surface area contributed by atoms with Crippen LogP contribution in [0, 0.1) is 6.92 Å². The van der Waals surface area contributed by atoms with Gasteiger partial charge >= 0.3 is 0 Å². The van der Waals surface area contributed by atoms with Gasteiger partial charge in [0.1, 0.15) is 5.69 Å². The van der Waals surface area contributed by atoms with Crippen LogP contribution in [0.5, 0.6) is 0 Å². The molecule has 0 aliphatic rings. The molecule has 0 unspecified atom stereocenters. The van der Waals surface area contributed by atoms with Crippen molar-refractivity contribution >= 4 is 17.5 Å². The number of unbranched alkanes of at least 4 members (excludes halogenated alkanes) is 1. The Morgan fingerprint density at radius 1 is 1.53 bits per heavy atom. The van der Waals surface area contributed by atoms with Gasteiger partial charge < -0.3 is 4.90 Å². The lowest BCUT2D eigenvalue weighted by molar-refractivity contribution is 0.0752. The van der Waals surface area contributed by atoms with Crippen LogP contribution in [0.25, 0.3) is 0 Å². The summed E-state index contributed by atoms with van der Waals surface area (Å²) in [4.78, 5) is 14.1. The Kier molecular flexibility index (Phi) is 5.48. The van der Waals surface area contributed by atoms with Crippen molar-refractivity contribution in [2.75, 3.05) is 19.0 Å². The van der Waals surface area contributed by atoms with E-state index in [0.29, 0.717) is 18.1 Å². The van der Waals surface area contributed by atoms with E-state index in [1.807, 2.05) is 13.0 Å². The van der Waals surface area contributed by atoms with E-state index in [2.05, 4.69) is 12.0 Å². The molecule has 5 heteroatoms. The van der Waals surface area contributed by atoms with Crippen LogP contribution in [-0.2, 0) is 7.05 Å². The number of hydrogen-bond donors (Lipinski definition) is 0. The van der Waals surface area contributed by atoms with E-state index in [0.717, 1.165) is 25.1 Å². The third kappa shape index (κ3) is 3.73. The summed E-state index contributed by atoms with van der Waals surface area (Å²) < 4.78 is 1.63. The van der Waals surface area contributed by atoms with Gasteiger partial charge in [0.25, 0.3) is 5.91 Å². The predicted octanol–water partition coefficient (Wildman–Crippen LogP) is 2.21. The SMILES string of the molecule is CCCCN(CCCl)C(=O)c1cc(C)nn1C. The Hall–Kier alpha value is -1.03. The van der Waals surface area contributed by atoms with Crippen molar-refractivity contribution in [3.63, 3.8) is 0 Å². The highest BCUT2D eigenvalue weighted by molar-refractivity contribution is 6.18. The zero-order valence-electron chi connectivity index (χ0n) is 10.7. The summed E-state index contributed by atoms with van der Waals surface area (Å²) in [6.07, 6.45) is 2.07. The summed E-state index contributed by atoms with van der Waals surface area (Å²) in [5.74, 6) is 0.480. The normalized spacial score (nSPS) is 10.6. The molecule has 1 amide bonds.